The van der Waals surface area contributed by atoms with Crippen molar-refractivity contribution < 1.29 is 9.90 Å². The number of nitrogens with two attached hydrogens (primary N) is 1. The molecule has 0 aromatic heterocycles. The van der Waals surface area contributed by atoms with Gasteiger partial charge in [-0.25, -0.2) is 0 Å². The fraction of sp³-hybridized carbons (Fsp3) is 0.417. The number of aliphatic carboxylic acids is 1. The summed E-state index contributed by atoms with van der Waals surface area (Å²) >= 11 is 3.45. The molecule has 1 aromatic rings. The minimum Gasteiger partial charge on any atom is -0.480 e. The van der Waals surface area contributed by atoms with Crippen molar-refractivity contribution in [3.8, 4) is 0 Å². The van der Waals surface area contributed by atoms with Gasteiger partial charge in [-0.1, -0.05) is 15.9 Å². The molecule has 1 fully saturated rings. The molecule has 4 nitrogen and oxygen atoms in total. The Hall–Kier alpha value is -1.07. The normalized spacial score (nSPS) is 24.1. The van der Waals surface area contributed by atoms with Gasteiger partial charge < -0.3 is 15.7 Å². The van der Waals surface area contributed by atoms with Crippen LogP contribution in [0.1, 0.15) is 12.0 Å². The average molecular weight is 299 g/mol. The predicted molar refractivity (Wildman–Crippen MR) is 70.3 cm³/mol. The van der Waals surface area contributed by atoms with Crippen LogP contribution in [0.3, 0.4) is 0 Å². The Labute approximate surface area is 109 Å². The van der Waals surface area contributed by atoms with Gasteiger partial charge in [0.05, 0.1) is 0 Å². The molecule has 0 amide bonds. The number of carboxylic acids is 1. The summed E-state index contributed by atoms with van der Waals surface area (Å²) in [6.07, 6.45) is 0.484. The van der Waals surface area contributed by atoms with Crippen LogP contribution in [0.2, 0.25) is 0 Å². The average Bonchev–Trinajstić information content (AvgIpc) is 2.67. The number of carboxylic acid groups (broad SMARTS) is 1. The highest BCUT2D eigenvalue weighted by molar-refractivity contribution is 9.10. The number of carbonyl (C=O) groups is 1. The molecule has 1 saturated heterocycles. The molecule has 1 aromatic carbocycles. The van der Waals surface area contributed by atoms with Gasteiger partial charge in [-0.2, -0.15) is 0 Å². The lowest BCUT2D eigenvalue weighted by Crippen LogP contribution is -2.50. The molecular weight excluding hydrogens is 284 g/mol. The Balaban J connectivity index is 2.21. The summed E-state index contributed by atoms with van der Waals surface area (Å²) in [5, 5.41) is 9.08. The quantitative estimate of drug-likeness (QED) is 0.873. The van der Waals surface area contributed by atoms with Crippen molar-refractivity contribution in [3.05, 3.63) is 28.2 Å². The van der Waals surface area contributed by atoms with E-state index in [4.69, 9.17) is 10.8 Å². The first-order valence-corrected chi connectivity index (χ1v) is 6.25. The summed E-state index contributed by atoms with van der Waals surface area (Å²) in [4.78, 5) is 13.1. The van der Waals surface area contributed by atoms with Crippen molar-refractivity contribution in [2.24, 2.45) is 5.73 Å². The third kappa shape index (κ3) is 2.30. The molecule has 0 radical (unpaired) electrons. The smallest absolute Gasteiger partial charge is 0.325 e. The maximum atomic E-state index is 11.1. The van der Waals surface area contributed by atoms with Crippen LogP contribution in [0, 0.1) is 6.92 Å². The third-order valence-electron chi connectivity index (χ3n) is 3.23. The molecule has 1 atom stereocenters. The SMILES string of the molecule is Cc1cc(N2CCC(N)(C(=O)O)C2)ccc1Br. The van der Waals surface area contributed by atoms with Gasteiger partial charge in [0.2, 0.25) is 0 Å². The number of hydrogen-bond acceptors (Lipinski definition) is 3. The van der Waals surface area contributed by atoms with Crippen molar-refractivity contribution in [2.45, 2.75) is 18.9 Å². The van der Waals surface area contributed by atoms with Crippen molar-refractivity contribution >= 4 is 27.6 Å². The van der Waals surface area contributed by atoms with E-state index in [-0.39, 0.29) is 0 Å². The first kappa shape index (κ1) is 12.4. The highest BCUT2D eigenvalue weighted by atomic mass is 79.9. The highest BCUT2D eigenvalue weighted by Gasteiger charge is 2.41. The Morgan fingerprint density at radius 1 is 1.59 bits per heavy atom. The summed E-state index contributed by atoms with van der Waals surface area (Å²) in [5.74, 6) is -0.922. The lowest BCUT2D eigenvalue weighted by molar-refractivity contribution is -0.142. The molecule has 2 rings (SSSR count). The fourth-order valence-electron chi connectivity index (χ4n) is 2.05. The van der Waals surface area contributed by atoms with Crippen molar-refractivity contribution in [3.63, 3.8) is 0 Å². The fourth-order valence-corrected chi connectivity index (χ4v) is 2.30. The number of anilines is 1. The van der Waals surface area contributed by atoms with Crippen LogP contribution in [0.5, 0.6) is 0 Å². The minimum absolute atomic E-state index is 0.364. The standard InChI is InChI=1S/C12H15BrN2O2/c1-8-6-9(2-3-10(8)13)15-5-4-12(14,7-15)11(16)17/h2-3,6H,4-5,7,14H2,1H3,(H,16,17). The van der Waals surface area contributed by atoms with Gasteiger partial charge >= 0.3 is 5.97 Å². The number of rotatable bonds is 2. The Bertz CT molecular complexity index is 464. The first-order valence-electron chi connectivity index (χ1n) is 5.46. The molecular formula is C12H15BrN2O2. The summed E-state index contributed by atoms with van der Waals surface area (Å²) in [5.41, 5.74) is 6.90. The highest BCUT2D eigenvalue weighted by Crippen LogP contribution is 2.28. The number of aryl methyl sites for hydroxylation is 1. The monoisotopic (exact) mass is 298 g/mol. The van der Waals surface area contributed by atoms with E-state index < -0.39 is 11.5 Å². The van der Waals surface area contributed by atoms with Crippen LogP contribution >= 0.6 is 15.9 Å². The molecule has 1 heterocycles. The predicted octanol–water partition coefficient (Wildman–Crippen LogP) is 1.75. The number of hydrogen-bond donors (Lipinski definition) is 2. The van der Waals surface area contributed by atoms with Crippen molar-refractivity contribution in [2.75, 3.05) is 18.0 Å². The van der Waals surface area contributed by atoms with Gasteiger partial charge in [0, 0.05) is 23.2 Å². The number of halogens is 1. The number of nitrogens with zero attached hydrogens (tertiary/aromatic N) is 1. The molecule has 17 heavy (non-hydrogen) atoms. The maximum Gasteiger partial charge on any atom is 0.325 e. The van der Waals surface area contributed by atoms with E-state index in [0.717, 1.165) is 15.7 Å². The van der Waals surface area contributed by atoms with E-state index in [1.54, 1.807) is 0 Å². The zero-order valence-electron chi connectivity index (χ0n) is 9.61. The van der Waals surface area contributed by atoms with Crippen LogP contribution in [0.15, 0.2) is 22.7 Å². The number of benzene rings is 1. The largest absolute Gasteiger partial charge is 0.480 e. The van der Waals surface area contributed by atoms with E-state index in [1.165, 1.54) is 0 Å². The van der Waals surface area contributed by atoms with Crippen LogP contribution in [0.4, 0.5) is 5.69 Å². The van der Waals surface area contributed by atoms with E-state index in [1.807, 2.05) is 30.0 Å². The molecule has 1 aliphatic rings. The zero-order chi connectivity index (χ0) is 12.6. The van der Waals surface area contributed by atoms with Gasteiger partial charge in [0.15, 0.2) is 0 Å². The van der Waals surface area contributed by atoms with Gasteiger partial charge in [0.25, 0.3) is 0 Å². The van der Waals surface area contributed by atoms with Gasteiger partial charge in [-0.15, -0.1) is 0 Å². The second-order valence-corrected chi connectivity index (χ2v) is 5.42. The Morgan fingerprint density at radius 2 is 2.29 bits per heavy atom. The van der Waals surface area contributed by atoms with Gasteiger partial charge in [-0.3, -0.25) is 4.79 Å². The van der Waals surface area contributed by atoms with E-state index >= 15 is 0 Å². The molecule has 3 N–H and O–H groups in total. The molecule has 0 spiro atoms. The van der Waals surface area contributed by atoms with Crippen LogP contribution in [-0.4, -0.2) is 29.7 Å². The Kier molecular flexibility index (Phi) is 3.14. The topological polar surface area (TPSA) is 66.6 Å². The molecule has 1 aliphatic heterocycles. The molecule has 1 unspecified atom stereocenters. The molecule has 0 aliphatic carbocycles. The van der Waals surface area contributed by atoms with Gasteiger partial charge in [-0.05, 0) is 37.1 Å². The molecule has 0 bridgehead atoms. The summed E-state index contributed by atoms with van der Waals surface area (Å²) < 4.78 is 1.05. The first-order chi connectivity index (χ1) is 7.92. The zero-order valence-corrected chi connectivity index (χ0v) is 11.2. The maximum absolute atomic E-state index is 11.1. The van der Waals surface area contributed by atoms with Crippen LogP contribution < -0.4 is 10.6 Å². The van der Waals surface area contributed by atoms with Gasteiger partial charge in [0.1, 0.15) is 5.54 Å². The van der Waals surface area contributed by atoms with Crippen LogP contribution in [-0.2, 0) is 4.79 Å². The second kappa shape index (κ2) is 4.31. The summed E-state index contributed by atoms with van der Waals surface area (Å²) in [6.45, 7) is 3.06. The van der Waals surface area contributed by atoms with E-state index in [0.29, 0.717) is 19.5 Å². The summed E-state index contributed by atoms with van der Waals surface area (Å²) in [7, 11) is 0. The lowest BCUT2D eigenvalue weighted by atomic mass is 10.0. The molecule has 92 valence electrons. The molecule has 0 saturated carbocycles. The minimum atomic E-state index is -1.11. The van der Waals surface area contributed by atoms with Crippen LogP contribution in [0.25, 0.3) is 0 Å². The summed E-state index contributed by atoms with van der Waals surface area (Å²) in [6, 6.07) is 5.99. The lowest BCUT2D eigenvalue weighted by Gasteiger charge is -2.22. The molecule has 5 heteroatoms. The Morgan fingerprint density at radius 3 is 2.82 bits per heavy atom. The van der Waals surface area contributed by atoms with Crippen molar-refractivity contribution in [1.82, 2.24) is 0 Å². The third-order valence-corrected chi connectivity index (χ3v) is 4.12. The van der Waals surface area contributed by atoms with Crippen molar-refractivity contribution in [1.29, 1.82) is 0 Å². The second-order valence-electron chi connectivity index (χ2n) is 4.57. The van der Waals surface area contributed by atoms with E-state index in [2.05, 4.69) is 15.9 Å². The van der Waals surface area contributed by atoms with E-state index in [9.17, 15) is 4.79 Å².